The number of rotatable bonds is 5. The van der Waals surface area contributed by atoms with E-state index in [1.54, 1.807) is 42.7 Å². The van der Waals surface area contributed by atoms with Crippen molar-refractivity contribution in [2.75, 3.05) is 6.61 Å². The molecule has 25 heavy (non-hydrogen) atoms. The van der Waals surface area contributed by atoms with E-state index in [0.29, 0.717) is 16.4 Å². The molecule has 0 saturated carbocycles. The van der Waals surface area contributed by atoms with Crippen LogP contribution in [0.25, 0.3) is 11.4 Å². The number of H-pyrrole nitrogens is 1. The lowest BCUT2D eigenvalue weighted by Crippen LogP contribution is -2.14. The molecule has 1 aromatic heterocycles. The smallest absolute Gasteiger partial charge is 0.338 e. The first kappa shape index (κ1) is 17.2. The molecule has 3 rings (SSSR count). The lowest BCUT2D eigenvalue weighted by Gasteiger charge is -2.06. The zero-order valence-corrected chi connectivity index (χ0v) is 14.3. The van der Waals surface area contributed by atoms with Crippen molar-refractivity contribution in [3.05, 3.63) is 76.0 Å². The highest BCUT2D eigenvalue weighted by molar-refractivity contribution is 6.36. The zero-order chi connectivity index (χ0) is 17.8. The molecule has 0 radical (unpaired) electrons. The second kappa shape index (κ2) is 7.51. The van der Waals surface area contributed by atoms with Crippen LogP contribution in [0, 0.1) is 0 Å². The molecule has 7 heteroatoms. The van der Waals surface area contributed by atoms with Gasteiger partial charge in [-0.15, -0.1) is 0 Å². The Morgan fingerprint density at radius 3 is 2.48 bits per heavy atom. The number of aromatic nitrogens is 2. The molecule has 0 aliphatic heterocycles. The normalized spacial score (nSPS) is 10.5. The Morgan fingerprint density at radius 2 is 1.84 bits per heavy atom. The molecule has 0 unspecified atom stereocenters. The number of hydrogen-bond donors (Lipinski definition) is 1. The number of halogens is 2. The maximum atomic E-state index is 12.1. The average Bonchev–Trinajstić information content (AvgIpc) is 3.14. The molecule has 0 spiro atoms. The SMILES string of the molecule is O=C(OCC(=O)c1ccc(Cl)cc1Cl)c1ccc(-c2ncc[nH]2)cc1. The molecule has 1 heterocycles. The van der Waals surface area contributed by atoms with E-state index in [1.807, 2.05) is 0 Å². The van der Waals surface area contributed by atoms with Crippen molar-refractivity contribution in [3.63, 3.8) is 0 Å². The Labute approximate surface area is 153 Å². The van der Waals surface area contributed by atoms with Gasteiger partial charge in [0.2, 0.25) is 5.78 Å². The topological polar surface area (TPSA) is 72.1 Å². The van der Waals surface area contributed by atoms with Gasteiger partial charge >= 0.3 is 5.97 Å². The summed E-state index contributed by atoms with van der Waals surface area (Å²) in [5.41, 5.74) is 1.43. The number of carbonyl (C=O) groups excluding carboxylic acids is 2. The Bertz CT molecular complexity index is 907. The highest BCUT2D eigenvalue weighted by Gasteiger charge is 2.15. The number of ether oxygens (including phenoxy) is 1. The number of aromatic amines is 1. The summed E-state index contributed by atoms with van der Waals surface area (Å²) in [6, 6.07) is 11.2. The van der Waals surface area contributed by atoms with Crippen molar-refractivity contribution >= 4 is 35.0 Å². The molecule has 1 N–H and O–H groups in total. The van der Waals surface area contributed by atoms with Crippen LogP contribution in [-0.4, -0.2) is 28.3 Å². The highest BCUT2D eigenvalue weighted by Crippen LogP contribution is 2.21. The van der Waals surface area contributed by atoms with E-state index in [4.69, 9.17) is 27.9 Å². The van der Waals surface area contributed by atoms with E-state index in [2.05, 4.69) is 9.97 Å². The van der Waals surface area contributed by atoms with Crippen molar-refractivity contribution in [3.8, 4) is 11.4 Å². The molecule has 0 bridgehead atoms. The Kier molecular flexibility index (Phi) is 5.16. The number of imidazole rings is 1. The maximum absolute atomic E-state index is 12.1. The summed E-state index contributed by atoms with van der Waals surface area (Å²) >= 11 is 11.8. The predicted molar refractivity (Wildman–Crippen MR) is 95.1 cm³/mol. The van der Waals surface area contributed by atoms with Gasteiger partial charge in [-0.25, -0.2) is 9.78 Å². The average molecular weight is 375 g/mol. The molecule has 126 valence electrons. The molecule has 0 aliphatic carbocycles. The number of nitrogens with one attached hydrogen (secondary N) is 1. The number of nitrogens with zero attached hydrogens (tertiary/aromatic N) is 1. The van der Waals surface area contributed by atoms with Crippen LogP contribution in [0.15, 0.2) is 54.9 Å². The minimum atomic E-state index is -0.593. The van der Waals surface area contributed by atoms with Crippen LogP contribution in [0.4, 0.5) is 0 Å². The van der Waals surface area contributed by atoms with Gasteiger partial charge in [0.1, 0.15) is 5.82 Å². The van der Waals surface area contributed by atoms with Gasteiger partial charge in [-0.05, 0) is 30.3 Å². The zero-order valence-electron chi connectivity index (χ0n) is 12.8. The monoisotopic (exact) mass is 374 g/mol. The minimum absolute atomic E-state index is 0.219. The van der Waals surface area contributed by atoms with E-state index in [-0.39, 0.29) is 10.6 Å². The van der Waals surface area contributed by atoms with Crippen LogP contribution in [0.5, 0.6) is 0 Å². The van der Waals surface area contributed by atoms with Crippen molar-refractivity contribution in [1.29, 1.82) is 0 Å². The van der Waals surface area contributed by atoms with E-state index in [1.165, 1.54) is 12.1 Å². The summed E-state index contributed by atoms with van der Waals surface area (Å²) in [7, 11) is 0. The number of ketones is 1. The standard InChI is InChI=1S/C18H12Cl2N2O3/c19-13-5-6-14(15(20)9-13)16(23)10-25-18(24)12-3-1-11(2-4-12)17-21-7-8-22-17/h1-9H,10H2,(H,21,22). The van der Waals surface area contributed by atoms with Gasteiger partial charge in [0, 0.05) is 28.5 Å². The second-order valence-corrected chi connectivity index (χ2v) is 5.98. The highest BCUT2D eigenvalue weighted by atomic mass is 35.5. The quantitative estimate of drug-likeness (QED) is 0.529. The van der Waals surface area contributed by atoms with Gasteiger partial charge < -0.3 is 9.72 Å². The Balaban J connectivity index is 1.63. The third-order valence-electron chi connectivity index (χ3n) is 3.46. The lowest BCUT2D eigenvalue weighted by molar-refractivity contribution is 0.0475. The van der Waals surface area contributed by atoms with E-state index in [9.17, 15) is 9.59 Å². The molecule has 2 aromatic carbocycles. The molecule has 0 atom stereocenters. The van der Waals surface area contributed by atoms with E-state index >= 15 is 0 Å². The van der Waals surface area contributed by atoms with Crippen molar-refractivity contribution in [2.24, 2.45) is 0 Å². The van der Waals surface area contributed by atoms with Crippen LogP contribution in [0.1, 0.15) is 20.7 Å². The van der Waals surface area contributed by atoms with Gasteiger partial charge in [-0.3, -0.25) is 4.79 Å². The summed E-state index contributed by atoms with van der Waals surface area (Å²) in [6.45, 7) is -0.403. The first-order valence-corrected chi connectivity index (χ1v) is 8.05. The number of Topliss-reactive ketones (excluding diaryl/α,β-unsaturated/α-hetero) is 1. The summed E-state index contributed by atoms with van der Waals surface area (Å²) in [5, 5.41) is 0.645. The van der Waals surface area contributed by atoms with Gasteiger partial charge in [-0.1, -0.05) is 35.3 Å². The first-order valence-electron chi connectivity index (χ1n) is 7.30. The third-order valence-corrected chi connectivity index (χ3v) is 4.01. The van der Waals surface area contributed by atoms with E-state index < -0.39 is 18.4 Å². The summed E-state index contributed by atoms with van der Waals surface area (Å²) in [6.07, 6.45) is 3.36. The van der Waals surface area contributed by atoms with Gasteiger partial charge in [0.25, 0.3) is 0 Å². The first-order chi connectivity index (χ1) is 12.0. The molecule has 3 aromatic rings. The van der Waals surface area contributed by atoms with Crippen LogP contribution < -0.4 is 0 Å². The maximum Gasteiger partial charge on any atom is 0.338 e. The largest absolute Gasteiger partial charge is 0.454 e. The fourth-order valence-electron chi connectivity index (χ4n) is 2.20. The minimum Gasteiger partial charge on any atom is -0.454 e. The van der Waals surface area contributed by atoms with Crippen LogP contribution in [0.2, 0.25) is 10.0 Å². The Hall–Kier alpha value is -2.63. The molecule has 0 amide bonds. The lowest BCUT2D eigenvalue weighted by atomic mass is 10.1. The molecule has 5 nitrogen and oxygen atoms in total. The fourth-order valence-corrected chi connectivity index (χ4v) is 2.71. The molecule has 0 aliphatic rings. The molecular formula is C18H12Cl2N2O3. The van der Waals surface area contributed by atoms with Gasteiger partial charge in [0.05, 0.1) is 10.6 Å². The Morgan fingerprint density at radius 1 is 1.08 bits per heavy atom. The van der Waals surface area contributed by atoms with Crippen molar-refractivity contribution in [2.45, 2.75) is 0 Å². The number of carbonyl (C=O) groups is 2. The summed E-state index contributed by atoms with van der Waals surface area (Å²) in [5.74, 6) is -0.292. The third kappa shape index (κ3) is 4.07. The van der Waals surface area contributed by atoms with Crippen LogP contribution >= 0.6 is 23.2 Å². The number of benzene rings is 2. The molecule has 0 saturated heterocycles. The van der Waals surface area contributed by atoms with Crippen LogP contribution in [0.3, 0.4) is 0 Å². The number of esters is 1. The van der Waals surface area contributed by atoms with Crippen molar-refractivity contribution < 1.29 is 14.3 Å². The molecule has 0 fully saturated rings. The van der Waals surface area contributed by atoms with Crippen molar-refractivity contribution in [1.82, 2.24) is 9.97 Å². The fraction of sp³-hybridized carbons (Fsp3) is 0.0556. The van der Waals surface area contributed by atoms with E-state index in [0.717, 1.165) is 5.56 Å². The predicted octanol–water partition coefficient (Wildman–Crippen LogP) is 4.42. The summed E-state index contributed by atoms with van der Waals surface area (Å²) < 4.78 is 5.06. The number of hydrogen-bond acceptors (Lipinski definition) is 4. The van der Waals surface area contributed by atoms with Gasteiger partial charge in [0.15, 0.2) is 6.61 Å². The summed E-state index contributed by atoms with van der Waals surface area (Å²) in [4.78, 5) is 31.3. The second-order valence-electron chi connectivity index (χ2n) is 5.14. The molecular weight excluding hydrogens is 363 g/mol. The van der Waals surface area contributed by atoms with Crippen LogP contribution in [-0.2, 0) is 4.74 Å². The van der Waals surface area contributed by atoms with Gasteiger partial charge in [-0.2, -0.15) is 0 Å².